The SMILES string of the molecule is CC/N=C1\CCCC(c2ccc(Cl)nc2)N1C(=O)/C(=C(\C)O)c1ccccc1. The summed E-state index contributed by atoms with van der Waals surface area (Å²) >= 11 is 5.94. The molecule has 6 heteroatoms. The number of aliphatic hydroxyl groups is 1. The van der Waals surface area contributed by atoms with Crippen molar-refractivity contribution in [2.45, 2.75) is 39.2 Å². The minimum Gasteiger partial charge on any atom is -0.512 e. The van der Waals surface area contributed by atoms with Gasteiger partial charge in [-0.2, -0.15) is 0 Å². The molecule has 1 unspecified atom stereocenters. The van der Waals surface area contributed by atoms with Crippen molar-refractivity contribution in [3.05, 3.63) is 70.7 Å². The van der Waals surface area contributed by atoms with Crippen LogP contribution in [0.15, 0.2) is 59.4 Å². The molecule has 0 radical (unpaired) electrons. The van der Waals surface area contributed by atoms with E-state index in [-0.39, 0.29) is 17.7 Å². The Morgan fingerprint density at radius 3 is 2.64 bits per heavy atom. The number of hydrogen-bond acceptors (Lipinski definition) is 4. The van der Waals surface area contributed by atoms with Gasteiger partial charge in [0.15, 0.2) is 0 Å². The maximum Gasteiger partial charge on any atom is 0.263 e. The van der Waals surface area contributed by atoms with Gasteiger partial charge in [-0.3, -0.25) is 14.7 Å². The molecule has 2 aromatic rings. The topological polar surface area (TPSA) is 65.8 Å². The molecule has 1 aromatic heterocycles. The van der Waals surface area contributed by atoms with Crippen molar-refractivity contribution in [1.82, 2.24) is 9.88 Å². The first-order valence-electron chi connectivity index (χ1n) is 9.46. The van der Waals surface area contributed by atoms with Crippen LogP contribution in [0.25, 0.3) is 5.57 Å². The summed E-state index contributed by atoms with van der Waals surface area (Å²) in [5.41, 5.74) is 1.88. The van der Waals surface area contributed by atoms with Crippen LogP contribution in [0.1, 0.15) is 50.3 Å². The number of likely N-dealkylation sites (tertiary alicyclic amines) is 1. The summed E-state index contributed by atoms with van der Waals surface area (Å²) in [4.78, 5) is 24.1. The van der Waals surface area contributed by atoms with Crippen molar-refractivity contribution in [2.24, 2.45) is 4.99 Å². The monoisotopic (exact) mass is 397 g/mol. The molecule has 1 saturated heterocycles. The lowest BCUT2D eigenvalue weighted by Gasteiger charge is -2.37. The Morgan fingerprint density at radius 1 is 1.29 bits per heavy atom. The van der Waals surface area contributed by atoms with Gasteiger partial charge in [0.1, 0.15) is 16.7 Å². The van der Waals surface area contributed by atoms with Crippen LogP contribution in [0, 0.1) is 0 Å². The predicted octanol–water partition coefficient (Wildman–Crippen LogP) is 5.20. The highest BCUT2D eigenvalue weighted by molar-refractivity contribution is 6.29. The lowest BCUT2D eigenvalue weighted by Crippen LogP contribution is -2.43. The first kappa shape index (κ1) is 20.1. The summed E-state index contributed by atoms with van der Waals surface area (Å²) in [6, 6.07) is 12.7. The van der Waals surface area contributed by atoms with E-state index in [0.29, 0.717) is 22.8 Å². The van der Waals surface area contributed by atoms with Gasteiger partial charge in [0.25, 0.3) is 5.91 Å². The molecule has 0 spiro atoms. The lowest BCUT2D eigenvalue weighted by atomic mass is 9.93. The molecular formula is C22H24ClN3O2. The van der Waals surface area contributed by atoms with Gasteiger partial charge >= 0.3 is 0 Å². The maximum atomic E-state index is 13.7. The van der Waals surface area contributed by atoms with Crippen LogP contribution in [0.2, 0.25) is 5.15 Å². The van der Waals surface area contributed by atoms with E-state index in [4.69, 9.17) is 11.6 Å². The molecule has 146 valence electrons. The number of halogens is 1. The molecule has 1 aromatic carbocycles. The van der Waals surface area contributed by atoms with E-state index in [2.05, 4.69) is 9.98 Å². The number of amides is 1. The Labute approximate surface area is 170 Å². The zero-order chi connectivity index (χ0) is 20.1. The molecular weight excluding hydrogens is 374 g/mol. The number of piperidine rings is 1. The fraction of sp³-hybridized carbons (Fsp3) is 0.318. The fourth-order valence-corrected chi connectivity index (χ4v) is 3.70. The van der Waals surface area contributed by atoms with E-state index in [1.807, 2.05) is 43.3 Å². The van der Waals surface area contributed by atoms with E-state index < -0.39 is 0 Å². The van der Waals surface area contributed by atoms with Crippen LogP contribution in [-0.2, 0) is 4.79 Å². The largest absolute Gasteiger partial charge is 0.512 e. The second kappa shape index (κ2) is 9.02. The number of aliphatic hydroxyl groups excluding tert-OH is 1. The first-order chi connectivity index (χ1) is 13.5. The Kier molecular flexibility index (Phi) is 6.47. The Bertz CT molecular complexity index is 888. The van der Waals surface area contributed by atoms with Crippen molar-refractivity contribution in [3.8, 4) is 0 Å². The van der Waals surface area contributed by atoms with Crippen LogP contribution < -0.4 is 0 Å². The zero-order valence-corrected chi connectivity index (χ0v) is 16.9. The van der Waals surface area contributed by atoms with Gasteiger partial charge in [-0.15, -0.1) is 0 Å². The lowest BCUT2D eigenvalue weighted by molar-refractivity contribution is -0.123. The van der Waals surface area contributed by atoms with Crippen molar-refractivity contribution < 1.29 is 9.90 Å². The van der Waals surface area contributed by atoms with Crippen LogP contribution in [0.4, 0.5) is 0 Å². The van der Waals surface area contributed by atoms with E-state index in [9.17, 15) is 9.90 Å². The second-order valence-corrected chi connectivity index (χ2v) is 7.10. The van der Waals surface area contributed by atoms with Gasteiger partial charge in [-0.05, 0) is 43.9 Å². The highest BCUT2D eigenvalue weighted by Crippen LogP contribution is 2.35. The van der Waals surface area contributed by atoms with Gasteiger partial charge in [-0.1, -0.05) is 48.0 Å². The van der Waals surface area contributed by atoms with Gasteiger partial charge in [0, 0.05) is 19.2 Å². The molecule has 3 rings (SSSR count). The molecule has 28 heavy (non-hydrogen) atoms. The highest BCUT2D eigenvalue weighted by Gasteiger charge is 2.35. The third-order valence-corrected chi connectivity index (χ3v) is 5.02. The third kappa shape index (κ3) is 4.25. The molecule has 0 bridgehead atoms. The predicted molar refractivity (Wildman–Crippen MR) is 112 cm³/mol. The Morgan fingerprint density at radius 2 is 2.04 bits per heavy atom. The zero-order valence-electron chi connectivity index (χ0n) is 16.1. The van der Waals surface area contributed by atoms with Crippen molar-refractivity contribution >= 4 is 28.9 Å². The number of aliphatic imine (C=N–C) groups is 1. The highest BCUT2D eigenvalue weighted by atomic mass is 35.5. The maximum absolute atomic E-state index is 13.7. The Balaban J connectivity index is 2.08. The number of amidine groups is 1. The average molecular weight is 398 g/mol. The van der Waals surface area contributed by atoms with Crippen molar-refractivity contribution in [2.75, 3.05) is 6.54 Å². The van der Waals surface area contributed by atoms with E-state index in [1.165, 1.54) is 0 Å². The summed E-state index contributed by atoms with van der Waals surface area (Å²) in [7, 11) is 0. The second-order valence-electron chi connectivity index (χ2n) is 6.71. The molecule has 1 N–H and O–H groups in total. The number of carbonyl (C=O) groups excluding carboxylic acids is 1. The molecule has 5 nitrogen and oxygen atoms in total. The van der Waals surface area contributed by atoms with Gasteiger partial charge in [-0.25, -0.2) is 4.98 Å². The standard InChI is InChI=1S/C22H24ClN3O2/c1-3-24-20-11-7-10-18(17-12-13-19(23)25-14-17)26(20)22(28)21(15(2)27)16-8-5-4-6-9-16/h4-6,8-9,12-14,18,27H,3,7,10-11H2,1-2H3/b21-15+,24-20+. The van der Waals surface area contributed by atoms with E-state index in [1.54, 1.807) is 24.1 Å². The molecule has 1 aliphatic rings. The average Bonchev–Trinajstić information content (AvgIpc) is 2.69. The summed E-state index contributed by atoms with van der Waals surface area (Å²) in [5, 5.41) is 10.8. The molecule has 0 saturated carbocycles. The normalized spacial score (nSPS) is 19.5. The number of rotatable bonds is 4. The first-order valence-corrected chi connectivity index (χ1v) is 9.84. The van der Waals surface area contributed by atoms with Crippen LogP contribution >= 0.6 is 11.6 Å². The summed E-state index contributed by atoms with van der Waals surface area (Å²) < 4.78 is 0. The Hall–Kier alpha value is -2.66. The summed E-state index contributed by atoms with van der Waals surface area (Å²) in [6.45, 7) is 4.08. The smallest absolute Gasteiger partial charge is 0.263 e. The molecule has 1 atom stereocenters. The van der Waals surface area contributed by atoms with Crippen LogP contribution in [0.3, 0.4) is 0 Å². The molecule has 2 heterocycles. The van der Waals surface area contributed by atoms with E-state index in [0.717, 1.165) is 30.7 Å². The minimum atomic E-state index is -0.252. The molecule has 1 amide bonds. The summed E-state index contributed by atoms with van der Waals surface area (Å²) in [5.74, 6) is 0.483. The number of allylic oxidation sites excluding steroid dienone is 1. The molecule has 0 aliphatic carbocycles. The number of pyridine rings is 1. The quantitative estimate of drug-likeness (QED) is 0.438. The minimum absolute atomic E-state index is 0.00870. The number of hydrogen-bond donors (Lipinski definition) is 1. The van der Waals surface area contributed by atoms with Crippen LogP contribution in [0.5, 0.6) is 0 Å². The number of carbonyl (C=O) groups is 1. The molecule has 1 aliphatic heterocycles. The van der Waals surface area contributed by atoms with Crippen molar-refractivity contribution in [3.63, 3.8) is 0 Å². The summed E-state index contributed by atoms with van der Waals surface area (Å²) in [6.07, 6.45) is 4.16. The third-order valence-electron chi connectivity index (χ3n) is 4.80. The number of nitrogens with zero attached hydrogens (tertiary/aromatic N) is 3. The fourth-order valence-electron chi connectivity index (χ4n) is 3.59. The molecule has 1 fully saturated rings. The van der Waals surface area contributed by atoms with Gasteiger partial charge in [0.05, 0.1) is 11.6 Å². The van der Waals surface area contributed by atoms with E-state index >= 15 is 0 Å². The van der Waals surface area contributed by atoms with Gasteiger partial charge in [0.2, 0.25) is 0 Å². The van der Waals surface area contributed by atoms with Crippen molar-refractivity contribution in [1.29, 1.82) is 0 Å². The number of aromatic nitrogens is 1. The number of benzene rings is 1. The van der Waals surface area contributed by atoms with Crippen LogP contribution in [-0.4, -0.2) is 33.3 Å². The van der Waals surface area contributed by atoms with Gasteiger partial charge < -0.3 is 5.11 Å².